The number of sulfone groups is 1. The summed E-state index contributed by atoms with van der Waals surface area (Å²) >= 11 is 0. The van der Waals surface area contributed by atoms with Crippen LogP contribution < -0.4 is 5.32 Å². The van der Waals surface area contributed by atoms with Crippen LogP contribution in [0.3, 0.4) is 0 Å². The number of aryl methyl sites for hydroxylation is 1. The van der Waals surface area contributed by atoms with Gasteiger partial charge in [-0.05, 0) is 31.0 Å². The van der Waals surface area contributed by atoms with Gasteiger partial charge in [0.2, 0.25) is 5.91 Å². The summed E-state index contributed by atoms with van der Waals surface area (Å²) in [6, 6.07) is 5.92. The first-order valence-corrected chi connectivity index (χ1v) is 9.94. The second kappa shape index (κ2) is 7.71. The monoisotopic (exact) mass is 403 g/mol. The summed E-state index contributed by atoms with van der Waals surface area (Å²) in [6.45, 7) is 5.05. The van der Waals surface area contributed by atoms with Crippen molar-refractivity contribution in [3.63, 3.8) is 0 Å². The number of anilines is 1. The van der Waals surface area contributed by atoms with Crippen LogP contribution in [0.1, 0.15) is 25.1 Å². The van der Waals surface area contributed by atoms with Crippen molar-refractivity contribution in [3.05, 3.63) is 41.6 Å². The first kappa shape index (κ1) is 20.9. The number of rotatable bonds is 6. The van der Waals surface area contributed by atoms with Crippen LogP contribution in [-0.2, 0) is 20.8 Å². The van der Waals surface area contributed by atoms with Gasteiger partial charge in [0, 0.05) is 6.07 Å². The normalized spacial score (nSPS) is 12.4. The van der Waals surface area contributed by atoms with Gasteiger partial charge in [-0.15, -0.1) is 0 Å². The highest BCUT2D eigenvalue weighted by Crippen LogP contribution is 2.31. The predicted molar refractivity (Wildman–Crippen MR) is 95.4 cm³/mol. The number of carbonyl (C=O) groups excluding carboxylic acids is 1. The van der Waals surface area contributed by atoms with E-state index in [1.165, 1.54) is 18.2 Å². The maximum atomic E-state index is 12.9. The molecule has 10 heteroatoms. The van der Waals surface area contributed by atoms with Crippen molar-refractivity contribution in [3.8, 4) is 5.69 Å². The van der Waals surface area contributed by atoms with Gasteiger partial charge in [0.05, 0.1) is 22.7 Å². The molecule has 0 aliphatic rings. The van der Waals surface area contributed by atoms with Gasteiger partial charge in [-0.25, -0.2) is 13.1 Å². The van der Waals surface area contributed by atoms with Gasteiger partial charge in [0.15, 0.2) is 9.84 Å². The summed E-state index contributed by atoms with van der Waals surface area (Å²) in [7, 11) is -3.59. The quantitative estimate of drug-likeness (QED) is 0.803. The van der Waals surface area contributed by atoms with Crippen LogP contribution in [0.2, 0.25) is 0 Å². The van der Waals surface area contributed by atoms with Gasteiger partial charge in [-0.1, -0.05) is 19.9 Å². The van der Waals surface area contributed by atoms with Crippen LogP contribution in [0.4, 0.5) is 19.0 Å². The molecule has 1 amide bonds. The molecule has 0 unspecified atom stereocenters. The molecule has 0 bridgehead atoms. The first-order valence-electron chi connectivity index (χ1n) is 8.12. The van der Waals surface area contributed by atoms with Gasteiger partial charge in [0.25, 0.3) is 0 Å². The number of halogens is 3. The highest BCUT2D eigenvalue weighted by atomic mass is 32.2. The molecule has 0 radical (unpaired) electrons. The number of nitrogens with one attached hydrogen (secondary N) is 1. The SMILES string of the molecule is Cc1cc(NC(=O)CS(=O)(=O)CC(C)C)n(-c2cccc(C(F)(F)F)c2)n1. The zero-order chi connectivity index (χ0) is 20.4. The van der Waals surface area contributed by atoms with Gasteiger partial charge in [0.1, 0.15) is 11.6 Å². The van der Waals surface area contributed by atoms with Crippen molar-refractivity contribution in [1.82, 2.24) is 9.78 Å². The van der Waals surface area contributed by atoms with Crippen LogP contribution in [0.25, 0.3) is 5.69 Å². The fraction of sp³-hybridized carbons (Fsp3) is 0.412. The van der Waals surface area contributed by atoms with E-state index >= 15 is 0 Å². The lowest BCUT2D eigenvalue weighted by Gasteiger charge is -2.12. The van der Waals surface area contributed by atoms with Crippen LogP contribution in [0.15, 0.2) is 30.3 Å². The average molecular weight is 403 g/mol. The predicted octanol–water partition coefficient (Wildman–Crippen LogP) is 3.21. The molecule has 0 fully saturated rings. The molecule has 27 heavy (non-hydrogen) atoms. The second-order valence-electron chi connectivity index (χ2n) is 6.63. The standard InChI is InChI=1S/C17H20F3N3O3S/c1-11(2)9-27(25,26)10-16(24)21-15-7-12(3)22-23(15)14-6-4-5-13(8-14)17(18,19)20/h4-8,11H,9-10H2,1-3H3,(H,21,24). The minimum Gasteiger partial charge on any atom is -0.310 e. The Morgan fingerprint density at radius 3 is 2.52 bits per heavy atom. The van der Waals surface area contributed by atoms with E-state index in [2.05, 4.69) is 10.4 Å². The molecule has 148 valence electrons. The number of hydrogen-bond acceptors (Lipinski definition) is 4. The van der Waals surface area contributed by atoms with Crippen molar-refractivity contribution in [2.75, 3.05) is 16.8 Å². The van der Waals surface area contributed by atoms with E-state index in [0.717, 1.165) is 16.8 Å². The zero-order valence-corrected chi connectivity index (χ0v) is 15.9. The highest BCUT2D eigenvalue weighted by molar-refractivity contribution is 7.92. The third-order valence-electron chi connectivity index (χ3n) is 3.46. The molecule has 2 aromatic rings. The fourth-order valence-corrected chi connectivity index (χ4v) is 4.15. The van der Waals surface area contributed by atoms with E-state index in [1.807, 2.05) is 0 Å². The van der Waals surface area contributed by atoms with Crippen molar-refractivity contribution in [2.45, 2.75) is 26.9 Å². The molecule has 0 atom stereocenters. The van der Waals surface area contributed by atoms with Crippen molar-refractivity contribution in [2.24, 2.45) is 5.92 Å². The number of aromatic nitrogens is 2. The Morgan fingerprint density at radius 2 is 1.93 bits per heavy atom. The summed E-state index contributed by atoms with van der Waals surface area (Å²) in [4.78, 5) is 12.1. The van der Waals surface area contributed by atoms with Crippen LogP contribution in [-0.4, -0.2) is 35.6 Å². The van der Waals surface area contributed by atoms with E-state index in [4.69, 9.17) is 0 Å². The summed E-state index contributed by atoms with van der Waals surface area (Å²) in [5.41, 5.74) is -0.309. The average Bonchev–Trinajstić information content (AvgIpc) is 2.84. The van der Waals surface area contributed by atoms with E-state index in [0.29, 0.717) is 5.69 Å². The summed E-state index contributed by atoms with van der Waals surface area (Å²) in [6.07, 6.45) is -4.52. The molecule has 6 nitrogen and oxygen atoms in total. The topological polar surface area (TPSA) is 81.1 Å². The van der Waals surface area contributed by atoms with Crippen molar-refractivity contribution in [1.29, 1.82) is 0 Å². The summed E-state index contributed by atoms with van der Waals surface area (Å²) in [5, 5.41) is 6.51. The van der Waals surface area contributed by atoms with E-state index in [9.17, 15) is 26.4 Å². The number of carbonyl (C=O) groups is 1. The molecule has 1 N–H and O–H groups in total. The second-order valence-corrected chi connectivity index (χ2v) is 8.74. The Bertz CT molecular complexity index is 934. The Labute approximate surface area is 155 Å². The van der Waals surface area contributed by atoms with Gasteiger partial charge in [-0.2, -0.15) is 18.3 Å². The maximum absolute atomic E-state index is 12.9. The van der Waals surface area contributed by atoms with E-state index in [1.54, 1.807) is 20.8 Å². The first-order chi connectivity index (χ1) is 12.4. The Kier molecular flexibility index (Phi) is 5.98. The molecule has 1 aromatic heterocycles. The minimum absolute atomic E-state index is 0.0940. The molecular weight excluding hydrogens is 383 g/mol. The molecule has 0 saturated carbocycles. The number of benzene rings is 1. The lowest BCUT2D eigenvalue weighted by atomic mass is 10.2. The fourth-order valence-electron chi connectivity index (χ4n) is 2.54. The Morgan fingerprint density at radius 1 is 1.26 bits per heavy atom. The van der Waals surface area contributed by atoms with Gasteiger partial charge < -0.3 is 5.32 Å². The Balaban J connectivity index is 2.28. The van der Waals surface area contributed by atoms with Crippen LogP contribution in [0.5, 0.6) is 0 Å². The van der Waals surface area contributed by atoms with Crippen LogP contribution in [0, 0.1) is 12.8 Å². The van der Waals surface area contributed by atoms with Gasteiger partial charge >= 0.3 is 6.18 Å². The lowest BCUT2D eigenvalue weighted by molar-refractivity contribution is -0.137. The summed E-state index contributed by atoms with van der Waals surface area (Å²) in [5.74, 6) is -1.65. The molecule has 1 heterocycles. The number of alkyl halides is 3. The molecular formula is C17H20F3N3O3S. The van der Waals surface area contributed by atoms with Crippen molar-refractivity contribution >= 4 is 21.6 Å². The largest absolute Gasteiger partial charge is 0.416 e. The molecule has 2 rings (SSSR count). The molecule has 0 saturated heterocycles. The highest BCUT2D eigenvalue weighted by Gasteiger charge is 2.30. The third-order valence-corrected chi connectivity index (χ3v) is 5.33. The van der Waals surface area contributed by atoms with Gasteiger partial charge in [-0.3, -0.25) is 4.79 Å². The molecule has 0 spiro atoms. The zero-order valence-electron chi connectivity index (χ0n) is 15.0. The van der Waals surface area contributed by atoms with E-state index < -0.39 is 33.2 Å². The molecule has 1 aromatic carbocycles. The molecule has 0 aliphatic heterocycles. The van der Waals surface area contributed by atoms with E-state index in [-0.39, 0.29) is 23.2 Å². The maximum Gasteiger partial charge on any atom is 0.416 e. The lowest BCUT2D eigenvalue weighted by Crippen LogP contribution is -2.27. The number of amides is 1. The molecule has 0 aliphatic carbocycles. The summed E-state index contributed by atoms with van der Waals surface area (Å²) < 4.78 is 63.8. The number of hydrogen-bond donors (Lipinski definition) is 1. The third kappa shape index (κ3) is 5.81. The van der Waals surface area contributed by atoms with Crippen molar-refractivity contribution < 1.29 is 26.4 Å². The minimum atomic E-state index is -4.52. The Hall–Kier alpha value is -2.36. The number of nitrogens with zero attached hydrogens (tertiary/aromatic N) is 2. The smallest absolute Gasteiger partial charge is 0.310 e. The van der Waals surface area contributed by atoms with Crippen LogP contribution >= 0.6 is 0 Å².